The number of thiophene rings is 1. The van der Waals surface area contributed by atoms with Crippen molar-refractivity contribution >= 4 is 17.2 Å². The Morgan fingerprint density at radius 2 is 1.86 bits per heavy atom. The summed E-state index contributed by atoms with van der Waals surface area (Å²) in [6.45, 7) is 3.78. The highest BCUT2D eigenvalue weighted by Crippen LogP contribution is 2.46. The highest BCUT2D eigenvalue weighted by Gasteiger charge is 2.46. The summed E-state index contributed by atoms with van der Waals surface area (Å²) in [5.74, 6) is 0.294. The summed E-state index contributed by atoms with van der Waals surface area (Å²) in [7, 11) is 0. The summed E-state index contributed by atoms with van der Waals surface area (Å²) in [4.78, 5) is 15.3. The summed E-state index contributed by atoms with van der Waals surface area (Å²) in [5, 5.41) is 17.2. The monoisotopic (exact) mass is 497 g/mol. The topological polar surface area (TPSA) is 83.6 Å². The van der Waals surface area contributed by atoms with Crippen molar-refractivity contribution in [1.82, 2.24) is 25.9 Å². The molecule has 0 unspecified atom stereocenters. The maximum absolute atomic E-state index is 13.5. The molecule has 1 aliphatic carbocycles. The Balaban J connectivity index is 1.39. The number of nitrogens with one attached hydrogen (secondary N) is 2. The molecule has 10 heteroatoms. The predicted molar refractivity (Wildman–Crippen MR) is 126 cm³/mol. The Labute approximate surface area is 203 Å². The molecule has 1 fully saturated rings. The lowest BCUT2D eigenvalue weighted by Crippen LogP contribution is -2.35. The van der Waals surface area contributed by atoms with Gasteiger partial charge in [0, 0.05) is 15.3 Å². The van der Waals surface area contributed by atoms with Crippen LogP contribution in [-0.2, 0) is 18.1 Å². The van der Waals surface area contributed by atoms with Crippen molar-refractivity contribution in [2.45, 2.75) is 44.8 Å². The van der Waals surface area contributed by atoms with E-state index in [4.69, 9.17) is 0 Å². The molecule has 2 aromatic carbocycles. The summed E-state index contributed by atoms with van der Waals surface area (Å²) in [6, 6.07) is 13.0. The number of hydrogen-bond donors (Lipinski definition) is 2. The number of aromatic nitrogens is 4. The van der Waals surface area contributed by atoms with Crippen molar-refractivity contribution in [3.05, 3.63) is 86.1 Å². The molecule has 0 bridgehead atoms. The van der Waals surface area contributed by atoms with E-state index in [1.165, 1.54) is 17.4 Å². The molecule has 1 saturated carbocycles. The maximum atomic E-state index is 13.5. The van der Waals surface area contributed by atoms with Crippen LogP contribution >= 0.6 is 11.3 Å². The van der Waals surface area contributed by atoms with Crippen molar-refractivity contribution in [3.63, 3.8) is 0 Å². The number of halogens is 3. The zero-order valence-electron chi connectivity index (χ0n) is 19.0. The standard InChI is InChI=1S/C25H22F3N5OS/c1-14-20(13-16-4-3-5-19(12-16)25(26,27)28)21(15(2)35-14)23(34)29-24(10-11-24)18-8-6-17(7-9-18)22-30-32-33-31-22/h3-9,12H,10-11,13H2,1-2H3,(H,29,34)(H,30,31,32,33). The lowest BCUT2D eigenvalue weighted by molar-refractivity contribution is -0.137. The third kappa shape index (κ3) is 4.58. The van der Waals surface area contributed by atoms with Crippen LogP contribution in [0, 0.1) is 13.8 Å². The fourth-order valence-corrected chi connectivity index (χ4v) is 5.49. The molecule has 0 spiro atoms. The van der Waals surface area contributed by atoms with Crippen molar-refractivity contribution in [3.8, 4) is 11.4 Å². The molecule has 0 aliphatic heterocycles. The van der Waals surface area contributed by atoms with E-state index in [1.807, 2.05) is 38.1 Å². The maximum Gasteiger partial charge on any atom is 0.416 e. The molecular formula is C25H22F3N5OS. The minimum absolute atomic E-state index is 0.200. The summed E-state index contributed by atoms with van der Waals surface area (Å²) in [6.07, 6.45) is -2.53. The number of alkyl halides is 3. The molecule has 2 heterocycles. The number of aryl methyl sites for hydroxylation is 2. The molecule has 0 atom stereocenters. The van der Waals surface area contributed by atoms with Crippen LogP contribution in [0.1, 0.15) is 55.2 Å². The van der Waals surface area contributed by atoms with Crippen LogP contribution < -0.4 is 5.32 Å². The number of amides is 1. The lowest BCUT2D eigenvalue weighted by atomic mass is 9.97. The third-order valence-electron chi connectivity index (χ3n) is 6.39. The van der Waals surface area contributed by atoms with Crippen LogP contribution in [-0.4, -0.2) is 26.5 Å². The predicted octanol–water partition coefficient (Wildman–Crippen LogP) is 5.57. The number of rotatable bonds is 6. The second-order valence-corrected chi connectivity index (χ2v) is 10.2. The summed E-state index contributed by atoms with van der Waals surface area (Å²) >= 11 is 1.49. The van der Waals surface area contributed by atoms with Crippen LogP contribution in [0.2, 0.25) is 0 Å². The van der Waals surface area contributed by atoms with Gasteiger partial charge in [-0.2, -0.15) is 18.4 Å². The Bertz CT molecular complexity index is 1370. The number of tetrazole rings is 1. The third-order valence-corrected chi connectivity index (χ3v) is 7.45. The Kier molecular flexibility index (Phi) is 5.71. The molecule has 35 heavy (non-hydrogen) atoms. The van der Waals surface area contributed by atoms with Crippen LogP contribution in [0.4, 0.5) is 13.2 Å². The van der Waals surface area contributed by atoms with Gasteiger partial charge in [0.1, 0.15) is 0 Å². The Morgan fingerprint density at radius 1 is 1.11 bits per heavy atom. The van der Waals surface area contributed by atoms with Gasteiger partial charge in [-0.3, -0.25) is 4.79 Å². The van der Waals surface area contributed by atoms with Crippen molar-refractivity contribution in [2.75, 3.05) is 0 Å². The van der Waals surface area contributed by atoms with Crippen molar-refractivity contribution in [2.24, 2.45) is 0 Å². The van der Waals surface area contributed by atoms with Crippen LogP contribution in [0.25, 0.3) is 11.4 Å². The van der Waals surface area contributed by atoms with Crippen molar-refractivity contribution in [1.29, 1.82) is 0 Å². The molecule has 1 amide bonds. The van der Waals surface area contributed by atoms with E-state index in [-0.39, 0.29) is 12.3 Å². The minimum atomic E-state index is -4.41. The van der Waals surface area contributed by atoms with Gasteiger partial charge in [0.15, 0.2) is 0 Å². The van der Waals surface area contributed by atoms with Gasteiger partial charge in [-0.25, -0.2) is 0 Å². The largest absolute Gasteiger partial charge is 0.416 e. The first-order chi connectivity index (χ1) is 16.7. The molecule has 0 radical (unpaired) electrons. The average Bonchev–Trinajstić information content (AvgIpc) is 3.26. The number of nitrogens with zero attached hydrogens (tertiary/aromatic N) is 3. The first-order valence-electron chi connectivity index (χ1n) is 11.1. The van der Waals surface area contributed by atoms with E-state index in [0.717, 1.165) is 51.4 Å². The van der Waals surface area contributed by atoms with Gasteiger partial charge in [0.25, 0.3) is 5.91 Å². The van der Waals surface area contributed by atoms with Crippen LogP contribution in [0.15, 0.2) is 48.5 Å². The normalized spacial score (nSPS) is 14.7. The number of carbonyl (C=O) groups excluding carboxylic acids is 1. The second-order valence-electron chi connectivity index (χ2n) is 8.79. The minimum Gasteiger partial charge on any atom is -0.342 e. The van der Waals surface area contributed by atoms with Gasteiger partial charge >= 0.3 is 6.18 Å². The molecule has 2 aromatic heterocycles. The first-order valence-corrected chi connectivity index (χ1v) is 11.9. The zero-order valence-corrected chi connectivity index (χ0v) is 19.8. The quantitative estimate of drug-likeness (QED) is 0.365. The van der Waals surface area contributed by atoms with Gasteiger partial charge in [0.05, 0.1) is 16.7 Å². The highest BCUT2D eigenvalue weighted by atomic mass is 32.1. The van der Waals surface area contributed by atoms with Gasteiger partial charge in [-0.15, -0.1) is 21.5 Å². The molecule has 1 aliphatic rings. The van der Waals surface area contributed by atoms with Gasteiger partial charge in [-0.1, -0.05) is 42.5 Å². The SMILES string of the molecule is Cc1sc(C)c(C(=O)NC2(c3ccc(-c4nn[nH]n4)cc3)CC2)c1Cc1cccc(C(F)(F)F)c1. The Hall–Kier alpha value is -3.53. The second kappa shape index (κ2) is 8.60. The van der Waals surface area contributed by atoms with Crippen LogP contribution in [0.3, 0.4) is 0 Å². The smallest absolute Gasteiger partial charge is 0.342 e. The number of carbonyl (C=O) groups is 1. The van der Waals surface area contributed by atoms with E-state index in [1.54, 1.807) is 6.07 Å². The molecule has 5 rings (SSSR count). The number of aromatic amines is 1. The molecule has 6 nitrogen and oxygen atoms in total. The molecular weight excluding hydrogens is 475 g/mol. The summed E-state index contributed by atoms with van der Waals surface area (Å²) in [5.41, 5.74) is 2.51. The zero-order chi connectivity index (χ0) is 24.8. The van der Waals surface area contributed by atoms with Crippen molar-refractivity contribution < 1.29 is 18.0 Å². The van der Waals surface area contributed by atoms with E-state index in [2.05, 4.69) is 25.9 Å². The lowest BCUT2D eigenvalue weighted by Gasteiger charge is -2.19. The van der Waals surface area contributed by atoms with E-state index in [9.17, 15) is 18.0 Å². The molecule has 0 saturated heterocycles. The number of H-pyrrole nitrogens is 1. The van der Waals surface area contributed by atoms with Gasteiger partial charge < -0.3 is 5.32 Å². The number of benzene rings is 2. The molecule has 4 aromatic rings. The summed E-state index contributed by atoms with van der Waals surface area (Å²) < 4.78 is 39.5. The first kappa shape index (κ1) is 23.2. The highest BCUT2D eigenvalue weighted by molar-refractivity contribution is 7.12. The number of hydrogen-bond acceptors (Lipinski definition) is 5. The van der Waals surface area contributed by atoms with Crippen LogP contribution in [0.5, 0.6) is 0 Å². The fraction of sp³-hybridized carbons (Fsp3) is 0.280. The van der Waals surface area contributed by atoms with Gasteiger partial charge in [0.2, 0.25) is 5.82 Å². The Morgan fingerprint density at radius 3 is 2.49 bits per heavy atom. The van der Waals surface area contributed by atoms with E-state index >= 15 is 0 Å². The molecule has 180 valence electrons. The fourth-order valence-electron chi connectivity index (χ4n) is 4.42. The van der Waals surface area contributed by atoms with E-state index < -0.39 is 17.3 Å². The average molecular weight is 498 g/mol. The molecule has 2 N–H and O–H groups in total. The van der Waals surface area contributed by atoms with Gasteiger partial charge in [-0.05, 0) is 61.1 Å². The van der Waals surface area contributed by atoms with E-state index in [0.29, 0.717) is 17.0 Å².